The fourth-order valence-corrected chi connectivity index (χ4v) is 0.441. The molecule has 0 rings (SSSR count). The maximum Gasteiger partial charge on any atom is 0.224 e. The van der Waals surface area contributed by atoms with E-state index in [1.54, 1.807) is 7.05 Å². The minimum atomic E-state index is 0.0671. The molecule has 0 aliphatic carbocycles. The van der Waals surface area contributed by atoms with E-state index < -0.39 is 0 Å². The average molecular weight is 114 g/mol. The van der Waals surface area contributed by atoms with Crippen molar-refractivity contribution >= 4 is 5.91 Å². The third-order valence-electron chi connectivity index (χ3n) is 0.870. The summed E-state index contributed by atoms with van der Waals surface area (Å²) in [6.45, 7) is 3.70. The van der Waals surface area contributed by atoms with Crippen molar-refractivity contribution in [3.63, 3.8) is 0 Å². The summed E-state index contributed by atoms with van der Waals surface area (Å²) in [7, 11) is 5.10. The molecule has 0 bridgehead atoms. The maximum absolute atomic E-state index is 10.7. The SMILES string of the molecule is [CH2]N(C)C(=O)C(C)C. The van der Waals surface area contributed by atoms with Crippen LogP contribution in [0, 0.1) is 13.0 Å². The van der Waals surface area contributed by atoms with Gasteiger partial charge in [-0.05, 0) is 0 Å². The standard InChI is InChI=1S/C6H12NO/c1-5(2)6(8)7(3)4/h5H,3H2,1-2,4H3. The van der Waals surface area contributed by atoms with Gasteiger partial charge in [-0.3, -0.25) is 4.79 Å². The second-order valence-electron chi connectivity index (χ2n) is 2.19. The molecule has 0 aromatic heterocycles. The average Bonchev–Trinajstić information content (AvgIpc) is 1.64. The van der Waals surface area contributed by atoms with Gasteiger partial charge in [0.2, 0.25) is 5.91 Å². The first-order valence-electron chi connectivity index (χ1n) is 2.63. The molecule has 0 saturated heterocycles. The van der Waals surface area contributed by atoms with Crippen LogP contribution in [0.15, 0.2) is 0 Å². The van der Waals surface area contributed by atoms with Crippen LogP contribution in [0.1, 0.15) is 13.8 Å². The van der Waals surface area contributed by atoms with Crippen molar-refractivity contribution in [2.24, 2.45) is 5.92 Å². The maximum atomic E-state index is 10.7. The Kier molecular flexibility index (Phi) is 2.52. The van der Waals surface area contributed by atoms with Crippen molar-refractivity contribution < 1.29 is 4.79 Å². The van der Waals surface area contributed by atoms with Gasteiger partial charge in [-0.2, -0.15) is 0 Å². The molecule has 0 fully saturated rings. The van der Waals surface area contributed by atoms with E-state index >= 15 is 0 Å². The fraction of sp³-hybridized carbons (Fsp3) is 0.667. The Labute approximate surface area is 50.5 Å². The summed E-state index contributed by atoms with van der Waals surface area (Å²) >= 11 is 0. The van der Waals surface area contributed by atoms with E-state index in [1.807, 2.05) is 13.8 Å². The third kappa shape index (κ3) is 1.96. The summed E-state index contributed by atoms with van der Waals surface area (Å²) in [6, 6.07) is 0. The Morgan fingerprint density at radius 1 is 1.62 bits per heavy atom. The highest BCUT2D eigenvalue weighted by atomic mass is 16.2. The van der Waals surface area contributed by atoms with Crippen LogP contribution in [0.2, 0.25) is 0 Å². The molecule has 1 amide bonds. The van der Waals surface area contributed by atoms with E-state index in [-0.39, 0.29) is 11.8 Å². The monoisotopic (exact) mass is 114 g/mol. The Morgan fingerprint density at radius 2 is 2.00 bits per heavy atom. The molecule has 0 aromatic carbocycles. The van der Waals surface area contributed by atoms with Gasteiger partial charge in [0.15, 0.2) is 0 Å². The molecule has 0 heterocycles. The molecule has 8 heavy (non-hydrogen) atoms. The smallest absolute Gasteiger partial charge is 0.224 e. The molecule has 0 N–H and O–H groups in total. The molecule has 47 valence electrons. The number of carbonyl (C=O) groups is 1. The highest BCUT2D eigenvalue weighted by Gasteiger charge is 2.07. The lowest BCUT2D eigenvalue weighted by Crippen LogP contribution is -2.24. The molecule has 0 aliphatic heterocycles. The van der Waals surface area contributed by atoms with Gasteiger partial charge in [-0.1, -0.05) is 13.8 Å². The van der Waals surface area contributed by atoms with Crippen LogP contribution in [-0.2, 0) is 4.79 Å². The first-order valence-corrected chi connectivity index (χ1v) is 2.63. The van der Waals surface area contributed by atoms with Crippen LogP contribution in [0.3, 0.4) is 0 Å². The lowest BCUT2D eigenvalue weighted by molar-refractivity contribution is -0.130. The number of carbonyl (C=O) groups excluding carboxylic acids is 1. The van der Waals surface area contributed by atoms with Gasteiger partial charge in [-0.15, -0.1) is 0 Å². The molecule has 0 aliphatic rings. The minimum Gasteiger partial charge on any atom is -0.344 e. The summed E-state index contributed by atoms with van der Waals surface area (Å²) in [5.41, 5.74) is 0. The van der Waals surface area contributed by atoms with Crippen LogP contribution in [-0.4, -0.2) is 17.9 Å². The van der Waals surface area contributed by atoms with Gasteiger partial charge in [0, 0.05) is 20.0 Å². The first kappa shape index (κ1) is 7.47. The summed E-state index contributed by atoms with van der Waals surface area (Å²) in [5.74, 6) is 0.141. The zero-order valence-corrected chi connectivity index (χ0v) is 5.64. The summed E-state index contributed by atoms with van der Waals surface area (Å²) in [4.78, 5) is 12.1. The van der Waals surface area contributed by atoms with Crippen molar-refractivity contribution in [1.29, 1.82) is 0 Å². The zero-order valence-electron chi connectivity index (χ0n) is 5.64. The molecule has 2 nitrogen and oxygen atoms in total. The van der Waals surface area contributed by atoms with Gasteiger partial charge >= 0.3 is 0 Å². The van der Waals surface area contributed by atoms with Gasteiger partial charge in [0.25, 0.3) is 0 Å². The van der Waals surface area contributed by atoms with Crippen molar-refractivity contribution in [2.75, 3.05) is 7.05 Å². The molecule has 0 atom stereocenters. The van der Waals surface area contributed by atoms with Crippen molar-refractivity contribution in [2.45, 2.75) is 13.8 Å². The van der Waals surface area contributed by atoms with Crippen LogP contribution in [0.5, 0.6) is 0 Å². The molecule has 0 aromatic rings. The molecule has 0 unspecified atom stereocenters. The summed E-state index contributed by atoms with van der Waals surface area (Å²) in [5, 5.41) is 0. The molecular formula is C6H12NO. The predicted octanol–water partition coefficient (Wildman–Crippen LogP) is 0.892. The van der Waals surface area contributed by atoms with Gasteiger partial charge in [0.1, 0.15) is 0 Å². The largest absolute Gasteiger partial charge is 0.344 e. The molecule has 1 radical (unpaired) electrons. The topological polar surface area (TPSA) is 20.3 Å². The molecule has 0 spiro atoms. The summed E-state index contributed by atoms with van der Waals surface area (Å²) in [6.07, 6.45) is 0. The lowest BCUT2D eigenvalue weighted by atomic mass is 10.2. The molecular weight excluding hydrogens is 102 g/mol. The fourth-order valence-electron chi connectivity index (χ4n) is 0.441. The Morgan fingerprint density at radius 3 is 2.00 bits per heavy atom. The third-order valence-corrected chi connectivity index (χ3v) is 0.870. The van der Waals surface area contributed by atoms with E-state index in [9.17, 15) is 4.79 Å². The van der Waals surface area contributed by atoms with E-state index in [2.05, 4.69) is 7.05 Å². The highest BCUT2D eigenvalue weighted by Crippen LogP contribution is 1.95. The summed E-state index contributed by atoms with van der Waals surface area (Å²) < 4.78 is 0. The van der Waals surface area contributed by atoms with Crippen molar-refractivity contribution in [3.8, 4) is 0 Å². The Bertz CT molecular complexity index is 76.5. The number of amides is 1. The lowest BCUT2D eigenvalue weighted by Gasteiger charge is -2.11. The number of rotatable bonds is 1. The van der Waals surface area contributed by atoms with Crippen LogP contribution in [0.25, 0.3) is 0 Å². The zero-order chi connectivity index (χ0) is 6.73. The Balaban J connectivity index is 3.65. The van der Waals surface area contributed by atoms with Crippen molar-refractivity contribution in [3.05, 3.63) is 7.05 Å². The quantitative estimate of drug-likeness (QED) is 0.496. The van der Waals surface area contributed by atoms with E-state index in [1.165, 1.54) is 4.90 Å². The van der Waals surface area contributed by atoms with Gasteiger partial charge < -0.3 is 4.90 Å². The molecule has 0 saturated carbocycles. The van der Waals surface area contributed by atoms with Gasteiger partial charge in [-0.25, -0.2) is 0 Å². The number of nitrogens with zero attached hydrogens (tertiary/aromatic N) is 1. The first-order chi connectivity index (χ1) is 3.55. The number of hydrogen-bond acceptors (Lipinski definition) is 1. The predicted molar refractivity (Wildman–Crippen MR) is 33.0 cm³/mol. The van der Waals surface area contributed by atoms with Crippen LogP contribution in [0.4, 0.5) is 0 Å². The van der Waals surface area contributed by atoms with E-state index in [0.717, 1.165) is 0 Å². The van der Waals surface area contributed by atoms with E-state index in [0.29, 0.717) is 0 Å². The van der Waals surface area contributed by atoms with Crippen LogP contribution >= 0.6 is 0 Å². The van der Waals surface area contributed by atoms with E-state index in [4.69, 9.17) is 0 Å². The minimum absolute atomic E-state index is 0.0671. The normalized spacial score (nSPS) is 9.62. The Hall–Kier alpha value is -0.530. The second-order valence-corrected chi connectivity index (χ2v) is 2.19. The van der Waals surface area contributed by atoms with Crippen molar-refractivity contribution in [1.82, 2.24) is 4.90 Å². The van der Waals surface area contributed by atoms with Gasteiger partial charge in [0.05, 0.1) is 0 Å². The highest BCUT2D eigenvalue weighted by molar-refractivity contribution is 5.77. The number of hydrogen-bond donors (Lipinski definition) is 0. The second kappa shape index (κ2) is 2.70. The van der Waals surface area contributed by atoms with Crippen LogP contribution < -0.4 is 0 Å². The molecule has 2 heteroatoms.